The van der Waals surface area contributed by atoms with Crippen LogP contribution in [0.3, 0.4) is 0 Å². The summed E-state index contributed by atoms with van der Waals surface area (Å²) in [4.78, 5) is 21.9. The van der Waals surface area contributed by atoms with Gasteiger partial charge in [0.2, 0.25) is 0 Å². The van der Waals surface area contributed by atoms with Crippen molar-refractivity contribution in [3.63, 3.8) is 0 Å². The number of carboxylic acid groups (broad SMARTS) is 1. The first-order chi connectivity index (χ1) is 8.90. The van der Waals surface area contributed by atoms with E-state index in [1.807, 2.05) is 0 Å². The average molecular weight is 276 g/mol. The quantitative estimate of drug-likeness (QED) is 0.430. The molecule has 19 heavy (non-hydrogen) atoms. The highest BCUT2D eigenvalue weighted by Gasteiger charge is 2.30. The Morgan fingerprint density at radius 2 is 1.84 bits per heavy atom. The van der Waals surface area contributed by atoms with Crippen LogP contribution in [0.25, 0.3) is 0 Å². The summed E-state index contributed by atoms with van der Waals surface area (Å²) in [5.41, 5.74) is -1.96. The fourth-order valence-corrected chi connectivity index (χ4v) is 1.12. The summed E-state index contributed by atoms with van der Waals surface area (Å²) in [6.07, 6.45) is 2.80. The Bertz CT molecular complexity index is 281. The molecule has 2 amide bonds. The molecule has 0 aliphatic heterocycles. The molecule has 0 aromatic rings. The molecule has 0 saturated carbocycles. The van der Waals surface area contributed by atoms with E-state index in [1.54, 1.807) is 0 Å². The lowest BCUT2D eigenvalue weighted by atomic mass is 10.1. The molecule has 1 atom stereocenters. The van der Waals surface area contributed by atoms with E-state index >= 15 is 0 Å². The first kappa shape index (κ1) is 17.7. The van der Waals surface area contributed by atoms with E-state index in [2.05, 4.69) is 17.6 Å². The van der Waals surface area contributed by atoms with Gasteiger partial charge in [-0.3, -0.25) is 0 Å². The van der Waals surface area contributed by atoms with Crippen LogP contribution in [0.15, 0.2) is 0 Å². The molecule has 7 heteroatoms. The molecule has 0 aliphatic carbocycles. The average Bonchev–Trinajstić information content (AvgIpc) is 2.35. The van der Waals surface area contributed by atoms with Crippen molar-refractivity contribution in [3.8, 4) is 0 Å². The van der Waals surface area contributed by atoms with Crippen molar-refractivity contribution in [1.82, 2.24) is 10.6 Å². The summed E-state index contributed by atoms with van der Waals surface area (Å²) in [6.45, 7) is 4.60. The second-order valence-corrected chi connectivity index (χ2v) is 4.51. The van der Waals surface area contributed by atoms with Crippen molar-refractivity contribution in [1.29, 1.82) is 0 Å². The van der Waals surface area contributed by atoms with Crippen LogP contribution < -0.4 is 10.6 Å². The second kappa shape index (κ2) is 9.57. The van der Waals surface area contributed by atoms with Gasteiger partial charge in [-0.05, 0) is 19.8 Å². The molecule has 4 N–H and O–H groups in total. The summed E-state index contributed by atoms with van der Waals surface area (Å²) in [6, 6.07) is -0.505. The van der Waals surface area contributed by atoms with E-state index in [0.717, 1.165) is 26.4 Å². The lowest BCUT2D eigenvalue weighted by Gasteiger charge is -2.18. The Kier molecular flexibility index (Phi) is 8.90. The summed E-state index contributed by atoms with van der Waals surface area (Å²) in [5, 5.41) is 22.8. The second-order valence-electron chi connectivity index (χ2n) is 4.51. The number of nitrogens with one attached hydrogen (secondary N) is 2. The minimum atomic E-state index is -1.96. The number of aliphatic carboxylic acids is 1. The van der Waals surface area contributed by atoms with E-state index in [0.29, 0.717) is 19.6 Å². The zero-order valence-electron chi connectivity index (χ0n) is 11.6. The van der Waals surface area contributed by atoms with E-state index in [-0.39, 0.29) is 6.54 Å². The van der Waals surface area contributed by atoms with E-state index in [1.165, 1.54) is 0 Å². The van der Waals surface area contributed by atoms with Crippen molar-refractivity contribution >= 4 is 12.0 Å². The molecule has 112 valence electrons. The van der Waals surface area contributed by atoms with Crippen molar-refractivity contribution in [3.05, 3.63) is 0 Å². The predicted molar refractivity (Wildman–Crippen MR) is 70.0 cm³/mol. The van der Waals surface area contributed by atoms with Gasteiger partial charge in [-0.2, -0.15) is 0 Å². The molecule has 0 aromatic carbocycles. The van der Waals surface area contributed by atoms with Gasteiger partial charge in [0.05, 0.1) is 6.54 Å². The van der Waals surface area contributed by atoms with E-state index < -0.39 is 17.6 Å². The molecular formula is C12H24N2O5. The molecule has 0 radical (unpaired) electrons. The van der Waals surface area contributed by atoms with Crippen LogP contribution in [-0.2, 0) is 9.53 Å². The third-order valence-electron chi connectivity index (χ3n) is 2.45. The standard InChI is InChI=1S/C12H24N2O5/c1-3-4-7-19-8-5-6-13-11(17)14-9-12(2,18)10(15)16/h18H,3-9H2,1-2H3,(H,15,16)(H2,13,14,17). The van der Waals surface area contributed by atoms with E-state index in [9.17, 15) is 14.7 Å². The van der Waals surface area contributed by atoms with Gasteiger partial charge < -0.3 is 25.6 Å². The number of amides is 2. The van der Waals surface area contributed by atoms with Gasteiger partial charge >= 0.3 is 12.0 Å². The molecule has 0 saturated heterocycles. The number of ether oxygens (including phenoxy) is 1. The molecule has 0 rings (SSSR count). The molecule has 0 bridgehead atoms. The number of carbonyl (C=O) groups excluding carboxylic acids is 1. The molecule has 0 heterocycles. The largest absolute Gasteiger partial charge is 0.479 e. The molecule has 7 nitrogen and oxygen atoms in total. The maximum atomic E-state index is 11.3. The lowest BCUT2D eigenvalue weighted by Crippen LogP contribution is -2.49. The molecular weight excluding hydrogens is 252 g/mol. The van der Waals surface area contributed by atoms with Gasteiger partial charge in [0.15, 0.2) is 5.60 Å². The Morgan fingerprint density at radius 3 is 2.42 bits per heavy atom. The van der Waals surface area contributed by atoms with Gasteiger partial charge in [0, 0.05) is 19.8 Å². The first-order valence-corrected chi connectivity index (χ1v) is 6.45. The fourth-order valence-electron chi connectivity index (χ4n) is 1.12. The number of urea groups is 1. The number of carboxylic acids is 1. The zero-order valence-corrected chi connectivity index (χ0v) is 11.6. The highest BCUT2D eigenvalue weighted by molar-refractivity contribution is 5.79. The number of aliphatic hydroxyl groups is 1. The van der Waals surface area contributed by atoms with Crippen LogP contribution in [-0.4, -0.2) is 54.1 Å². The topological polar surface area (TPSA) is 108 Å². The zero-order chi connectivity index (χ0) is 14.7. The monoisotopic (exact) mass is 276 g/mol. The van der Waals surface area contributed by atoms with Crippen LogP contribution in [0.2, 0.25) is 0 Å². The summed E-state index contributed by atoms with van der Waals surface area (Å²) in [5.74, 6) is -1.38. The van der Waals surface area contributed by atoms with Crippen LogP contribution in [0.5, 0.6) is 0 Å². The Balaban J connectivity index is 3.53. The molecule has 1 unspecified atom stereocenters. The Morgan fingerprint density at radius 1 is 1.21 bits per heavy atom. The van der Waals surface area contributed by atoms with Crippen molar-refractivity contribution in [2.45, 2.75) is 38.7 Å². The van der Waals surface area contributed by atoms with Gasteiger partial charge in [0.1, 0.15) is 0 Å². The SMILES string of the molecule is CCCCOCCCNC(=O)NCC(C)(O)C(=O)O. The highest BCUT2D eigenvalue weighted by atomic mass is 16.5. The minimum absolute atomic E-state index is 0.346. The van der Waals surface area contributed by atoms with Crippen LogP contribution in [0.4, 0.5) is 4.79 Å². The van der Waals surface area contributed by atoms with Gasteiger partial charge in [-0.1, -0.05) is 13.3 Å². The first-order valence-electron chi connectivity index (χ1n) is 6.45. The highest BCUT2D eigenvalue weighted by Crippen LogP contribution is 2.00. The maximum absolute atomic E-state index is 11.3. The van der Waals surface area contributed by atoms with Crippen LogP contribution in [0.1, 0.15) is 33.1 Å². The lowest BCUT2D eigenvalue weighted by molar-refractivity contribution is -0.155. The van der Waals surface area contributed by atoms with Gasteiger partial charge in [-0.25, -0.2) is 9.59 Å². The van der Waals surface area contributed by atoms with Crippen LogP contribution >= 0.6 is 0 Å². The number of hydrogen-bond acceptors (Lipinski definition) is 4. The van der Waals surface area contributed by atoms with Crippen molar-refractivity contribution in [2.75, 3.05) is 26.3 Å². The molecule has 0 spiro atoms. The number of unbranched alkanes of at least 4 members (excludes halogenated alkanes) is 1. The number of carbonyl (C=O) groups is 2. The smallest absolute Gasteiger partial charge is 0.337 e. The Hall–Kier alpha value is -1.34. The predicted octanol–water partition coefficient (Wildman–Crippen LogP) is 0.328. The Labute approximate surface area is 113 Å². The normalized spacial score (nSPS) is 13.6. The third kappa shape index (κ3) is 9.26. The van der Waals surface area contributed by atoms with Gasteiger partial charge in [-0.15, -0.1) is 0 Å². The molecule has 0 aromatic heterocycles. The molecule has 0 fully saturated rings. The van der Waals surface area contributed by atoms with Crippen molar-refractivity contribution < 1.29 is 24.5 Å². The number of hydrogen-bond donors (Lipinski definition) is 4. The number of rotatable bonds is 10. The minimum Gasteiger partial charge on any atom is -0.479 e. The maximum Gasteiger partial charge on any atom is 0.337 e. The van der Waals surface area contributed by atoms with Crippen LogP contribution in [0, 0.1) is 0 Å². The fraction of sp³-hybridized carbons (Fsp3) is 0.833. The summed E-state index contributed by atoms with van der Waals surface area (Å²) in [7, 11) is 0. The summed E-state index contributed by atoms with van der Waals surface area (Å²) < 4.78 is 5.31. The molecule has 0 aliphatic rings. The van der Waals surface area contributed by atoms with Crippen molar-refractivity contribution in [2.24, 2.45) is 0 Å². The van der Waals surface area contributed by atoms with Gasteiger partial charge in [0.25, 0.3) is 0 Å². The summed E-state index contributed by atoms with van der Waals surface area (Å²) >= 11 is 0. The third-order valence-corrected chi connectivity index (χ3v) is 2.45. The van der Waals surface area contributed by atoms with E-state index in [4.69, 9.17) is 9.84 Å².